The number of hydrogen-bond donors (Lipinski definition) is 2. The van der Waals surface area contributed by atoms with Crippen LogP contribution < -0.4 is 4.74 Å². The second kappa shape index (κ2) is 15.4. The van der Waals surface area contributed by atoms with Gasteiger partial charge >= 0.3 is 24.1 Å². The van der Waals surface area contributed by atoms with Crippen LogP contribution in [0.3, 0.4) is 0 Å². The topological polar surface area (TPSA) is 152 Å². The minimum absolute atomic E-state index is 0.0895. The second-order valence-corrected chi connectivity index (χ2v) is 13.7. The minimum atomic E-state index is -1.08. The number of benzene rings is 3. The lowest BCUT2D eigenvalue weighted by molar-refractivity contribution is -0.145. The maximum atomic E-state index is 13.0. The zero-order valence-corrected chi connectivity index (χ0v) is 29.0. The number of β-amino-alcohol motifs (C(OH)–C–C–N with tert-alkyl or cyclic N) is 1. The second-order valence-electron chi connectivity index (χ2n) is 13.3. The number of carboxylic acid groups (broad SMARTS) is 1. The Morgan fingerprint density at radius 2 is 1.40 bits per heavy atom. The van der Waals surface area contributed by atoms with E-state index in [0.717, 1.165) is 22.3 Å². The number of fused-ring (bicyclic) bond motifs is 3. The van der Waals surface area contributed by atoms with Gasteiger partial charge in [-0.1, -0.05) is 60.1 Å². The van der Waals surface area contributed by atoms with E-state index < -0.39 is 54.0 Å². The van der Waals surface area contributed by atoms with Crippen molar-refractivity contribution < 1.29 is 48.3 Å². The minimum Gasteiger partial charge on any atom is -0.488 e. The van der Waals surface area contributed by atoms with Gasteiger partial charge in [-0.2, -0.15) is 0 Å². The zero-order valence-electron chi connectivity index (χ0n) is 28.3. The van der Waals surface area contributed by atoms with E-state index in [4.69, 9.17) is 25.8 Å². The number of hydrogen-bond acceptors (Lipinski definition) is 9. The summed E-state index contributed by atoms with van der Waals surface area (Å²) in [6, 6.07) is 21.2. The van der Waals surface area contributed by atoms with Crippen molar-refractivity contribution in [2.24, 2.45) is 0 Å². The fourth-order valence-electron chi connectivity index (χ4n) is 6.40. The number of likely N-dealkylation sites (tertiary alicyclic amines) is 2. The molecule has 3 aromatic rings. The van der Waals surface area contributed by atoms with Gasteiger partial charge in [0.15, 0.2) is 0 Å². The zero-order chi connectivity index (χ0) is 36.2. The third-order valence-corrected chi connectivity index (χ3v) is 8.87. The number of carboxylic acids is 1. The van der Waals surface area contributed by atoms with Gasteiger partial charge in [0, 0.05) is 23.8 Å². The standard InChI is InChI=1S/C26H22ClNO5.C11H19NO5/c27-16-9-11-17(12-10-16)33-18-13-24(25(29)30)28(14-18)26(31)32-15-23-21-7-3-1-5-19(21)20-6-2-4-8-22(20)23;1-11(2,3)17-10(15)12-6-7(13)5-8(12)9(14)16-4/h1-12,18,23-24H,13-15H2,(H,29,30);7-8,13H,5-6H2,1-4H3/t18-,24+;7-,8-/m10/s1. The Kier molecular flexibility index (Phi) is 11.2. The first-order chi connectivity index (χ1) is 23.8. The number of esters is 1. The first-order valence-corrected chi connectivity index (χ1v) is 16.7. The van der Waals surface area contributed by atoms with E-state index in [1.54, 1.807) is 45.0 Å². The molecule has 0 saturated carbocycles. The van der Waals surface area contributed by atoms with Crippen LogP contribution in [0.2, 0.25) is 5.02 Å². The van der Waals surface area contributed by atoms with Crippen molar-refractivity contribution in [3.8, 4) is 16.9 Å². The number of carbonyl (C=O) groups excluding carboxylic acids is 3. The fourth-order valence-corrected chi connectivity index (χ4v) is 6.52. The maximum Gasteiger partial charge on any atom is 0.411 e. The Hall–Kier alpha value is -4.81. The molecule has 2 heterocycles. The number of ether oxygens (including phenoxy) is 4. The van der Waals surface area contributed by atoms with Crippen molar-refractivity contribution in [2.45, 2.75) is 69.4 Å². The molecule has 2 saturated heterocycles. The summed E-state index contributed by atoms with van der Waals surface area (Å²) in [5.41, 5.74) is 3.84. The first kappa shape index (κ1) is 36.5. The summed E-state index contributed by atoms with van der Waals surface area (Å²) >= 11 is 5.91. The van der Waals surface area contributed by atoms with Gasteiger partial charge in [-0.15, -0.1) is 0 Å². The molecule has 3 aromatic carbocycles. The Labute approximate surface area is 295 Å². The highest BCUT2D eigenvalue weighted by atomic mass is 35.5. The van der Waals surface area contributed by atoms with Crippen molar-refractivity contribution in [1.29, 1.82) is 0 Å². The molecule has 3 aliphatic rings. The van der Waals surface area contributed by atoms with Crippen LogP contribution in [0.1, 0.15) is 50.7 Å². The lowest BCUT2D eigenvalue weighted by atomic mass is 9.98. The highest BCUT2D eigenvalue weighted by molar-refractivity contribution is 6.30. The van der Waals surface area contributed by atoms with E-state index in [9.17, 15) is 29.4 Å². The van der Waals surface area contributed by atoms with Gasteiger partial charge in [0.05, 0.1) is 26.3 Å². The van der Waals surface area contributed by atoms with E-state index in [-0.39, 0.29) is 38.5 Å². The van der Waals surface area contributed by atoms with Crippen molar-refractivity contribution in [3.05, 3.63) is 88.9 Å². The number of carbonyl (C=O) groups is 4. The van der Waals surface area contributed by atoms with Gasteiger partial charge in [-0.05, 0) is 67.3 Å². The summed E-state index contributed by atoms with van der Waals surface area (Å²) in [4.78, 5) is 50.5. The molecule has 6 rings (SSSR count). The lowest BCUT2D eigenvalue weighted by Crippen LogP contribution is -2.43. The van der Waals surface area contributed by atoms with E-state index >= 15 is 0 Å². The van der Waals surface area contributed by atoms with Crippen molar-refractivity contribution in [3.63, 3.8) is 0 Å². The molecule has 0 spiro atoms. The monoisotopic (exact) mass is 708 g/mol. The smallest absolute Gasteiger partial charge is 0.411 e. The molecule has 0 bridgehead atoms. The average molecular weight is 709 g/mol. The molecule has 50 heavy (non-hydrogen) atoms. The Morgan fingerprint density at radius 3 is 1.96 bits per heavy atom. The quantitative estimate of drug-likeness (QED) is 0.240. The van der Waals surface area contributed by atoms with E-state index in [2.05, 4.69) is 16.9 Å². The summed E-state index contributed by atoms with van der Waals surface area (Å²) in [7, 11) is 1.25. The van der Waals surface area contributed by atoms with Gasteiger partial charge in [0.1, 0.15) is 36.1 Å². The van der Waals surface area contributed by atoms with Gasteiger partial charge in [-0.25, -0.2) is 19.2 Å². The van der Waals surface area contributed by atoms with Crippen LogP contribution in [-0.4, -0.2) is 101 Å². The van der Waals surface area contributed by atoms with Gasteiger partial charge in [0.2, 0.25) is 0 Å². The highest BCUT2D eigenvalue weighted by Gasteiger charge is 2.43. The molecule has 2 aliphatic heterocycles. The van der Waals surface area contributed by atoms with Gasteiger partial charge in [-0.3, -0.25) is 9.80 Å². The van der Waals surface area contributed by atoms with Crippen LogP contribution in [0.25, 0.3) is 11.1 Å². The van der Waals surface area contributed by atoms with Crippen molar-refractivity contribution in [1.82, 2.24) is 9.80 Å². The lowest BCUT2D eigenvalue weighted by Gasteiger charge is -2.27. The van der Waals surface area contributed by atoms with Crippen LogP contribution in [0.4, 0.5) is 9.59 Å². The van der Waals surface area contributed by atoms with E-state index in [1.165, 1.54) is 16.9 Å². The molecule has 2 fully saturated rings. The maximum absolute atomic E-state index is 13.0. The molecular formula is C37H41ClN2O10. The molecule has 12 nitrogen and oxygen atoms in total. The summed E-state index contributed by atoms with van der Waals surface area (Å²) < 4.78 is 21.3. The number of nitrogens with zero attached hydrogens (tertiary/aromatic N) is 2. The number of aliphatic hydroxyl groups excluding tert-OH is 1. The van der Waals surface area contributed by atoms with Crippen LogP contribution in [0.15, 0.2) is 72.8 Å². The number of amides is 2. The largest absolute Gasteiger partial charge is 0.488 e. The molecule has 0 aromatic heterocycles. The van der Waals surface area contributed by atoms with Gasteiger partial charge < -0.3 is 29.2 Å². The number of rotatable bonds is 6. The predicted molar refractivity (Wildman–Crippen MR) is 183 cm³/mol. The van der Waals surface area contributed by atoms with Crippen LogP contribution in [0, 0.1) is 0 Å². The third-order valence-electron chi connectivity index (χ3n) is 8.61. The fraction of sp³-hybridized carbons (Fsp3) is 0.405. The highest BCUT2D eigenvalue weighted by Crippen LogP contribution is 2.44. The Bertz CT molecular complexity index is 1660. The van der Waals surface area contributed by atoms with Gasteiger partial charge in [0.25, 0.3) is 0 Å². The molecule has 266 valence electrons. The molecule has 4 atom stereocenters. The molecule has 0 radical (unpaired) electrons. The Morgan fingerprint density at radius 1 is 0.820 bits per heavy atom. The number of aliphatic carboxylic acids is 1. The summed E-state index contributed by atoms with van der Waals surface area (Å²) in [6.07, 6.45) is -2.05. The number of methoxy groups -OCH3 is 1. The predicted octanol–water partition coefficient (Wildman–Crippen LogP) is 5.73. The normalized spacial score (nSPS) is 21.0. The summed E-state index contributed by atoms with van der Waals surface area (Å²) in [5, 5.41) is 19.8. The molecule has 2 N–H and O–H groups in total. The molecular weight excluding hydrogens is 668 g/mol. The van der Waals surface area contributed by atoms with E-state index in [0.29, 0.717) is 10.8 Å². The van der Waals surface area contributed by atoms with Crippen LogP contribution >= 0.6 is 11.6 Å². The van der Waals surface area contributed by atoms with E-state index in [1.807, 2.05) is 36.4 Å². The third kappa shape index (κ3) is 8.48. The van der Waals surface area contributed by atoms with Crippen molar-refractivity contribution >= 4 is 35.7 Å². The SMILES string of the molecule is COC(=O)[C@@H]1C[C@H](O)CN1C(=O)OC(C)(C)C.O=C(O)[C@@H]1C[C@@H](Oc2ccc(Cl)cc2)CN1C(=O)OCC1c2ccccc2-c2ccccc21. The molecule has 1 aliphatic carbocycles. The van der Waals surface area contributed by atoms with Crippen LogP contribution in [-0.2, 0) is 23.8 Å². The average Bonchev–Trinajstić information content (AvgIpc) is 3.78. The van der Waals surface area contributed by atoms with Crippen LogP contribution in [0.5, 0.6) is 5.75 Å². The number of aliphatic hydroxyl groups is 1. The first-order valence-electron chi connectivity index (χ1n) is 16.3. The summed E-state index contributed by atoms with van der Waals surface area (Å²) in [6.45, 7) is 5.59. The molecule has 0 unspecified atom stereocenters. The number of halogens is 1. The molecule has 13 heteroatoms. The molecule has 2 amide bonds. The summed E-state index contributed by atoms with van der Waals surface area (Å²) in [5.74, 6) is -1.13. The Balaban J connectivity index is 0.000000242. The van der Waals surface area contributed by atoms with Crippen molar-refractivity contribution in [2.75, 3.05) is 26.8 Å².